The van der Waals surface area contributed by atoms with E-state index in [9.17, 15) is 0 Å². The fourth-order valence-electron chi connectivity index (χ4n) is 0.700. The molecule has 60 valence electrons. The number of halogens is 1. The molecule has 1 N–H and O–H groups in total. The van der Waals surface area contributed by atoms with Crippen LogP contribution in [-0.2, 0) is 0 Å². The Balaban J connectivity index is 2.66. The number of anilines is 1. The highest BCUT2D eigenvalue weighted by Crippen LogP contribution is 2.09. The van der Waals surface area contributed by atoms with E-state index in [1.54, 1.807) is 12.3 Å². The van der Waals surface area contributed by atoms with Crippen LogP contribution in [0.1, 0.15) is 0 Å². The summed E-state index contributed by atoms with van der Waals surface area (Å²) in [7, 11) is 3.82. The van der Waals surface area contributed by atoms with E-state index in [-0.39, 0.29) is 0 Å². The summed E-state index contributed by atoms with van der Waals surface area (Å²) >= 11 is 5.60. The van der Waals surface area contributed by atoms with Crippen molar-refractivity contribution in [1.82, 2.24) is 9.99 Å². The zero-order valence-electron chi connectivity index (χ0n) is 6.50. The molecule has 0 fully saturated rings. The van der Waals surface area contributed by atoms with Crippen LogP contribution in [0.3, 0.4) is 0 Å². The highest BCUT2D eigenvalue weighted by atomic mass is 35.5. The van der Waals surface area contributed by atoms with Gasteiger partial charge in [0.05, 0.1) is 11.9 Å². The van der Waals surface area contributed by atoms with Crippen molar-refractivity contribution in [3.05, 3.63) is 23.5 Å². The van der Waals surface area contributed by atoms with Gasteiger partial charge in [0.2, 0.25) is 0 Å². The number of rotatable bonds is 2. The van der Waals surface area contributed by atoms with Gasteiger partial charge >= 0.3 is 0 Å². The Bertz CT molecular complexity index is 220. The van der Waals surface area contributed by atoms with Crippen LogP contribution in [0.5, 0.6) is 0 Å². The Hall–Kier alpha value is -0.800. The van der Waals surface area contributed by atoms with Crippen molar-refractivity contribution in [1.29, 1.82) is 0 Å². The van der Waals surface area contributed by atoms with Gasteiger partial charge in [0.1, 0.15) is 5.15 Å². The van der Waals surface area contributed by atoms with Gasteiger partial charge in [0.25, 0.3) is 0 Å². The number of nitrogens with one attached hydrogen (secondary N) is 1. The molecule has 1 aromatic heterocycles. The van der Waals surface area contributed by atoms with Crippen molar-refractivity contribution in [2.75, 3.05) is 19.5 Å². The molecule has 0 aliphatic heterocycles. The van der Waals surface area contributed by atoms with Gasteiger partial charge in [-0.15, -0.1) is 0 Å². The lowest BCUT2D eigenvalue weighted by Gasteiger charge is -2.12. The molecule has 1 rings (SSSR count). The third kappa shape index (κ3) is 2.74. The maximum Gasteiger partial charge on any atom is 0.129 e. The van der Waals surface area contributed by atoms with Crippen molar-refractivity contribution in [3.8, 4) is 0 Å². The summed E-state index contributed by atoms with van der Waals surface area (Å²) in [5.41, 5.74) is 3.97. The molecule has 0 radical (unpaired) electrons. The molecular formula is C7H10ClN3. The fourth-order valence-corrected chi connectivity index (χ4v) is 0.812. The minimum Gasteiger partial charge on any atom is -0.318 e. The molecule has 1 aromatic rings. The molecule has 11 heavy (non-hydrogen) atoms. The van der Waals surface area contributed by atoms with Crippen LogP contribution < -0.4 is 5.43 Å². The second-order valence-corrected chi connectivity index (χ2v) is 2.76. The zero-order chi connectivity index (χ0) is 8.27. The highest BCUT2D eigenvalue weighted by molar-refractivity contribution is 6.29. The van der Waals surface area contributed by atoms with Gasteiger partial charge in [0.15, 0.2) is 0 Å². The number of hydrazine groups is 1. The first-order valence-electron chi connectivity index (χ1n) is 3.24. The summed E-state index contributed by atoms with van der Waals surface area (Å²) in [5.74, 6) is 0. The summed E-state index contributed by atoms with van der Waals surface area (Å²) in [6.45, 7) is 0. The first-order valence-corrected chi connectivity index (χ1v) is 3.62. The molecule has 0 aliphatic rings. The minimum absolute atomic E-state index is 0.509. The van der Waals surface area contributed by atoms with Gasteiger partial charge < -0.3 is 5.43 Å². The standard InChI is InChI=1S/C7H10ClN3/c1-11(2)10-6-3-4-7(8)9-5-6/h3-5,10H,1-2H3. The van der Waals surface area contributed by atoms with Gasteiger partial charge in [-0.05, 0) is 12.1 Å². The van der Waals surface area contributed by atoms with Crippen LogP contribution in [0, 0.1) is 0 Å². The Kier molecular flexibility index (Phi) is 2.68. The molecule has 3 nitrogen and oxygen atoms in total. The van der Waals surface area contributed by atoms with Crippen molar-refractivity contribution in [2.45, 2.75) is 0 Å². The maximum atomic E-state index is 5.60. The van der Waals surface area contributed by atoms with E-state index in [2.05, 4.69) is 10.4 Å². The molecule has 0 aliphatic carbocycles. The summed E-state index contributed by atoms with van der Waals surface area (Å²) in [5, 5.41) is 2.35. The first kappa shape index (κ1) is 8.30. The Morgan fingerprint density at radius 1 is 1.45 bits per heavy atom. The average Bonchev–Trinajstić information content (AvgIpc) is 1.93. The normalized spacial score (nSPS) is 10.2. The number of hydrogen-bond acceptors (Lipinski definition) is 3. The SMILES string of the molecule is CN(C)Nc1ccc(Cl)nc1. The van der Waals surface area contributed by atoms with Crippen LogP contribution in [0.15, 0.2) is 18.3 Å². The van der Waals surface area contributed by atoms with E-state index in [4.69, 9.17) is 11.6 Å². The highest BCUT2D eigenvalue weighted by Gasteiger charge is 1.92. The van der Waals surface area contributed by atoms with E-state index in [0.717, 1.165) is 5.69 Å². The van der Waals surface area contributed by atoms with Crippen LogP contribution >= 0.6 is 11.6 Å². The number of hydrogen-bond donors (Lipinski definition) is 1. The van der Waals surface area contributed by atoms with Gasteiger partial charge in [-0.2, -0.15) is 0 Å². The number of aromatic nitrogens is 1. The Labute approximate surface area is 71.0 Å². The Morgan fingerprint density at radius 3 is 2.64 bits per heavy atom. The predicted octanol–water partition coefficient (Wildman–Crippen LogP) is 1.62. The van der Waals surface area contributed by atoms with Gasteiger partial charge in [-0.1, -0.05) is 11.6 Å². The molecule has 1 heterocycles. The topological polar surface area (TPSA) is 28.2 Å². The lowest BCUT2D eigenvalue weighted by Crippen LogP contribution is -2.19. The van der Waals surface area contributed by atoms with E-state index in [0.29, 0.717) is 5.15 Å². The quantitative estimate of drug-likeness (QED) is 0.542. The third-order valence-corrected chi connectivity index (χ3v) is 1.30. The molecule has 0 saturated heterocycles. The van der Waals surface area contributed by atoms with Crippen molar-refractivity contribution >= 4 is 17.3 Å². The third-order valence-electron chi connectivity index (χ3n) is 1.08. The number of nitrogens with zero attached hydrogens (tertiary/aromatic N) is 2. The Morgan fingerprint density at radius 2 is 2.18 bits per heavy atom. The molecule has 0 atom stereocenters. The van der Waals surface area contributed by atoms with E-state index >= 15 is 0 Å². The molecule has 0 bridgehead atoms. The summed E-state index contributed by atoms with van der Waals surface area (Å²) in [6.07, 6.45) is 1.68. The summed E-state index contributed by atoms with van der Waals surface area (Å²) < 4.78 is 0. The maximum absolute atomic E-state index is 5.60. The molecular weight excluding hydrogens is 162 g/mol. The predicted molar refractivity (Wildman–Crippen MR) is 46.6 cm³/mol. The van der Waals surface area contributed by atoms with E-state index in [1.807, 2.05) is 25.2 Å². The van der Waals surface area contributed by atoms with Crippen LogP contribution in [0.4, 0.5) is 5.69 Å². The average molecular weight is 172 g/mol. The van der Waals surface area contributed by atoms with Crippen LogP contribution in [0.25, 0.3) is 0 Å². The molecule has 0 aromatic carbocycles. The molecule has 0 spiro atoms. The molecule has 4 heteroatoms. The lowest BCUT2D eigenvalue weighted by atomic mass is 10.4. The molecule has 0 saturated carbocycles. The second-order valence-electron chi connectivity index (χ2n) is 2.38. The second kappa shape index (κ2) is 3.55. The van der Waals surface area contributed by atoms with Gasteiger partial charge in [-0.3, -0.25) is 0 Å². The molecule has 0 unspecified atom stereocenters. The zero-order valence-corrected chi connectivity index (χ0v) is 7.26. The van der Waals surface area contributed by atoms with Crippen molar-refractivity contribution in [3.63, 3.8) is 0 Å². The van der Waals surface area contributed by atoms with Crippen LogP contribution in [-0.4, -0.2) is 24.1 Å². The lowest BCUT2D eigenvalue weighted by molar-refractivity contribution is 0.495. The first-order chi connectivity index (χ1) is 5.18. The molecule has 0 amide bonds. The van der Waals surface area contributed by atoms with Gasteiger partial charge in [-0.25, -0.2) is 9.99 Å². The smallest absolute Gasteiger partial charge is 0.129 e. The van der Waals surface area contributed by atoms with Crippen molar-refractivity contribution < 1.29 is 0 Å². The van der Waals surface area contributed by atoms with E-state index < -0.39 is 0 Å². The number of pyridine rings is 1. The monoisotopic (exact) mass is 171 g/mol. The minimum atomic E-state index is 0.509. The summed E-state index contributed by atoms with van der Waals surface area (Å²) in [4.78, 5) is 3.91. The van der Waals surface area contributed by atoms with Gasteiger partial charge in [0, 0.05) is 14.1 Å². The summed E-state index contributed by atoms with van der Waals surface area (Å²) in [6, 6.07) is 3.61. The van der Waals surface area contributed by atoms with E-state index in [1.165, 1.54) is 0 Å². The largest absolute Gasteiger partial charge is 0.318 e. The fraction of sp³-hybridized carbons (Fsp3) is 0.286. The van der Waals surface area contributed by atoms with Crippen LogP contribution in [0.2, 0.25) is 5.15 Å². The van der Waals surface area contributed by atoms with Crippen molar-refractivity contribution in [2.24, 2.45) is 0 Å².